The first-order valence-electron chi connectivity index (χ1n) is 5.87. The summed E-state index contributed by atoms with van der Waals surface area (Å²) in [6.45, 7) is 2.03. The Morgan fingerprint density at radius 2 is 1.75 bits per heavy atom. The molecule has 1 nitrogen and oxygen atoms in total. The summed E-state index contributed by atoms with van der Waals surface area (Å²) in [5, 5.41) is 0.298. The van der Waals surface area contributed by atoms with Crippen LogP contribution >= 0.6 is 55.1 Å². The van der Waals surface area contributed by atoms with Gasteiger partial charge in [-0.1, -0.05) is 49.5 Å². The van der Waals surface area contributed by atoms with Gasteiger partial charge in [0, 0.05) is 19.5 Å². The minimum atomic E-state index is -0.325. The number of aryl methyl sites for hydroxylation is 1. The van der Waals surface area contributed by atoms with Crippen LogP contribution in [0, 0.1) is 6.92 Å². The molecule has 1 atom stereocenters. The zero-order chi connectivity index (χ0) is 14.9. The Labute approximate surface area is 145 Å². The first kappa shape index (κ1) is 16.2. The third-order valence-electron chi connectivity index (χ3n) is 3.02. The molecule has 1 unspecified atom stereocenters. The van der Waals surface area contributed by atoms with Gasteiger partial charge in [-0.25, -0.2) is 0 Å². The molecule has 0 amide bonds. The molecule has 0 radical (unpaired) electrons. The lowest BCUT2D eigenvalue weighted by atomic mass is 10.0. The molecule has 0 heterocycles. The number of rotatable bonds is 3. The smallest absolute Gasteiger partial charge is 0.125 e. The Bertz CT molecular complexity index is 644. The van der Waals surface area contributed by atoms with Crippen molar-refractivity contribution in [3.8, 4) is 5.75 Å². The molecule has 2 aromatic rings. The van der Waals surface area contributed by atoms with Crippen LogP contribution in [0.3, 0.4) is 0 Å². The van der Waals surface area contributed by atoms with E-state index in [4.69, 9.17) is 27.9 Å². The molecule has 0 aliphatic carbocycles. The van der Waals surface area contributed by atoms with E-state index in [0.717, 1.165) is 25.6 Å². The molecule has 0 N–H and O–H groups in total. The predicted molar refractivity (Wildman–Crippen MR) is 92.3 cm³/mol. The van der Waals surface area contributed by atoms with E-state index in [1.165, 1.54) is 0 Å². The Kier molecular flexibility index (Phi) is 5.41. The highest BCUT2D eigenvalue weighted by Gasteiger charge is 2.19. The van der Waals surface area contributed by atoms with Gasteiger partial charge in [0.25, 0.3) is 0 Å². The van der Waals surface area contributed by atoms with Gasteiger partial charge in [0.15, 0.2) is 0 Å². The highest BCUT2D eigenvalue weighted by molar-refractivity contribution is 9.11. The molecule has 2 aromatic carbocycles. The van der Waals surface area contributed by atoms with Crippen molar-refractivity contribution in [1.82, 2.24) is 0 Å². The average Bonchev–Trinajstić information content (AvgIpc) is 2.42. The number of alkyl halides is 1. The highest BCUT2D eigenvalue weighted by Crippen LogP contribution is 2.40. The quantitative estimate of drug-likeness (QED) is 0.496. The average molecular weight is 439 g/mol. The van der Waals surface area contributed by atoms with Crippen molar-refractivity contribution in [2.75, 3.05) is 7.11 Å². The minimum Gasteiger partial charge on any atom is -0.496 e. The largest absolute Gasteiger partial charge is 0.496 e. The Morgan fingerprint density at radius 1 is 1.05 bits per heavy atom. The van der Waals surface area contributed by atoms with Gasteiger partial charge in [-0.15, -0.1) is 11.6 Å². The van der Waals surface area contributed by atoms with E-state index in [0.29, 0.717) is 10.8 Å². The third-order valence-corrected chi connectivity index (χ3v) is 5.27. The number of ether oxygens (including phenoxy) is 1. The van der Waals surface area contributed by atoms with Crippen molar-refractivity contribution in [2.24, 2.45) is 0 Å². The van der Waals surface area contributed by atoms with Crippen LogP contribution in [0.15, 0.2) is 39.3 Å². The summed E-state index contributed by atoms with van der Waals surface area (Å²) >= 11 is 19.7. The van der Waals surface area contributed by atoms with Crippen molar-refractivity contribution in [3.63, 3.8) is 0 Å². The van der Waals surface area contributed by atoms with E-state index in [9.17, 15) is 0 Å². The molecule has 0 fully saturated rings. The lowest BCUT2D eigenvalue weighted by Crippen LogP contribution is -1.99. The lowest BCUT2D eigenvalue weighted by Gasteiger charge is -2.17. The molecule has 0 aliphatic rings. The van der Waals surface area contributed by atoms with Gasteiger partial charge in [0.1, 0.15) is 5.75 Å². The van der Waals surface area contributed by atoms with E-state index >= 15 is 0 Å². The van der Waals surface area contributed by atoms with Crippen LogP contribution in [0.4, 0.5) is 0 Å². The van der Waals surface area contributed by atoms with Crippen LogP contribution in [0.1, 0.15) is 22.1 Å². The molecule has 20 heavy (non-hydrogen) atoms. The lowest BCUT2D eigenvalue weighted by molar-refractivity contribution is 0.410. The number of hydrogen-bond acceptors (Lipinski definition) is 1. The topological polar surface area (TPSA) is 9.23 Å². The van der Waals surface area contributed by atoms with Crippen molar-refractivity contribution >= 4 is 55.1 Å². The van der Waals surface area contributed by atoms with Crippen molar-refractivity contribution in [2.45, 2.75) is 12.3 Å². The summed E-state index contributed by atoms with van der Waals surface area (Å²) < 4.78 is 7.36. The van der Waals surface area contributed by atoms with Crippen LogP contribution < -0.4 is 4.74 Å². The fraction of sp³-hybridized carbons (Fsp3) is 0.200. The van der Waals surface area contributed by atoms with E-state index in [1.807, 2.05) is 31.2 Å². The predicted octanol–water partition coefficient (Wildman–Crippen LogP) is 6.51. The molecule has 0 spiro atoms. The van der Waals surface area contributed by atoms with E-state index < -0.39 is 0 Å². The first-order chi connectivity index (χ1) is 9.43. The first-order valence-corrected chi connectivity index (χ1v) is 8.27. The second-order valence-electron chi connectivity index (χ2n) is 4.37. The highest BCUT2D eigenvalue weighted by atomic mass is 79.9. The van der Waals surface area contributed by atoms with Gasteiger partial charge < -0.3 is 4.74 Å². The van der Waals surface area contributed by atoms with Crippen LogP contribution in [0.2, 0.25) is 5.02 Å². The molecule has 5 heteroatoms. The second-order valence-corrected chi connectivity index (χ2v) is 6.95. The summed E-state index contributed by atoms with van der Waals surface area (Å²) in [5.74, 6) is 0.682. The summed E-state index contributed by atoms with van der Waals surface area (Å²) in [7, 11) is 1.61. The maximum atomic E-state index is 6.62. The van der Waals surface area contributed by atoms with E-state index in [1.54, 1.807) is 13.2 Å². The Balaban J connectivity index is 2.51. The Morgan fingerprint density at radius 3 is 2.40 bits per heavy atom. The summed E-state index contributed by atoms with van der Waals surface area (Å²) in [5.41, 5.74) is 3.01. The number of halogens is 4. The van der Waals surface area contributed by atoms with Crippen molar-refractivity contribution in [3.05, 3.63) is 61.0 Å². The third kappa shape index (κ3) is 3.33. The normalized spacial score (nSPS) is 12.3. The van der Waals surface area contributed by atoms with Gasteiger partial charge in [-0.2, -0.15) is 0 Å². The zero-order valence-electron chi connectivity index (χ0n) is 10.9. The molecule has 0 aromatic heterocycles. The molecular formula is C15H12Br2Cl2O. The molecular weight excluding hydrogens is 427 g/mol. The summed E-state index contributed by atoms with van der Waals surface area (Å²) in [4.78, 5) is 0. The molecule has 2 rings (SSSR count). The van der Waals surface area contributed by atoms with E-state index in [-0.39, 0.29) is 5.38 Å². The number of methoxy groups -OCH3 is 1. The van der Waals surface area contributed by atoms with Crippen LogP contribution in [0.5, 0.6) is 5.75 Å². The molecule has 0 saturated heterocycles. The molecule has 106 valence electrons. The molecule has 0 aliphatic heterocycles. The standard InChI is InChI=1S/C15H12Br2Cl2O/c1-8-5-13(17)11(7-12(8)16)15(19)10-4-3-9(18)6-14(10)20-2/h3-7,15H,1-2H3. The van der Waals surface area contributed by atoms with Gasteiger partial charge in [-0.05, 0) is 42.3 Å². The van der Waals surface area contributed by atoms with Crippen LogP contribution in [0.25, 0.3) is 0 Å². The van der Waals surface area contributed by atoms with Gasteiger partial charge in [0.2, 0.25) is 0 Å². The molecule has 0 bridgehead atoms. The SMILES string of the molecule is COc1cc(Cl)ccc1C(Cl)c1cc(Br)c(C)cc1Br. The van der Waals surface area contributed by atoms with Gasteiger partial charge >= 0.3 is 0 Å². The fourth-order valence-corrected chi connectivity index (χ4v) is 3.62. The summed E-state index contributed by atoms with van der Waals surface area (Å²) in [6, 6.07) is 9.52. The maximum absolute atomic E-state index is 6.62. The van der Waals surface area contributed by atoms with Crippen molar-refractivity contribution in [1.29, 1.82) is 0 Å². The maximum Gasteiger partial charge on any atom is 0.125 e. The monoisotopic (exact) mass is 436 g/mol. The Hall–Kier alpha value is -0.220. The second kappa shape index (κ2) is 6.69. The summed E-state index contributed by atoms with van der Waals surface area (Å²) in [6.07, 6.45) is 0. The van der Waals surface area contributed by atoms with Gasteiger partial charge in [-0.3, -0.25) is 0 Å². The van der Waals surface area contributed by atoms with Gasteiger partial charge in [0.05, 0.1) is 12.5 Å². The number of benzene rings is 2. The van der Waals surface area contributed by atoms with Crippen LogP contribution in [-0.2, 0) is 0 Å². The minimum absolute atomic E-state index is 0.325. The fourth-order valence-electron chi connectivity index (χ4n) is 1.92. The zero-order valence-corrected chi connectivity index (χ0v) is 15.6. The van der Waals surface area contributed by atoms with E-state index in [2.05, 4.69) is 31.9 Å². The number of hydrogen-bond donors (Lipinski definition) is 0. The molecule has 0 saturated carbocycles. The van der Waals surface area contributed by atoms with Crippen LogP contribution in [-0.4, -0.2) is 7.11 Å². The van der Waals surface area contributed by atoms with Crippen molar-refractivity contribution < 1.29 is 4.74 Å².